The number of carbonyl (C=O) groups is 2. The third kappa shape index (κ3) is 4.41. The van der Waals surface area contributed by atoms with Gasteiger partial charge in [0.25, 0.3) is 0 Å². The molecule has 4 aliphatic rings. The van der Waals surface area contributed by atoms with Crippen molar-refractivity contribution in [2.45, 2.75) is 98.0 Å². The van der Waals surface area contributed by atoms with E-state index in [1.807, 2.05) is 20.8 Å². The summed E-state index contributed by atoms with van der Waals surface area (Å²) in [6.07, 6.45) is 9.01. The zero-order valence-electron chi connectivity index (χ0n) is 18.6. The number of hydrogen-bond donors (Lipinski definition) is 0. The Morgan fingerprint density at radius 1 is 1.04 bits per heavy atom. The van der Waals surface area contributed by atoms with Crippen molar-refractivity contribution in [3.8, 4) is 0 Å². The van der Waals surface area contributed by atoms with Crippen LogP contribution in [0.1, 0.15) is 92.4 Å². The molecule has 0 unspecified atom stereocenters. The Kier molecular flexibility index (Phi) is 6.46. The van der Waals surface area contributed by atoms with Crippen molar-refractivity contribution in [3.63, 3.8) is 0 Å². The van der Waals surface area contributed by atoms with Crippen molar-refractivity contribution in [1.82, 2.24) is 0 Å². The van der Waals surface area contributed by atoms with Gasteiger partial charge in [-0.3, -0.25) is 9.59 Å². The normalized spacial score (nSPS) is 33.9. The molecule has 0 atom stereocenters. The van der Waals surface area contributed by atoms with Crippen LogP contribution in [-0.2, 0) is 19.1 Å². The molecular formula is C24H40O4. The smallest absolute Gasteiger partial charge is 0.311 e. The lowest BCUT2D eigenvalue weighted by Crippen LogP contribution is -2.60. The Balaban J connectivity index is 1.54. The molecule has 0 spiro atoms. The Bertz CT molecular complexity index is 549. The molecule has 0 aromatic rings. The van der Waals surface area contributed by atoms with Crippen LogP contribution in [0.2, 0.25) is 0 Å². The van der Waals surface area contributed by atoms with E-state index in [-0.39, 0.29) is 17.5 Å². The van der Waals surface area contributed by atoms with Crippen molar-refractivity contribution >= 4 is 11.9 Å². The van der Waals surface area contributed by atoms with E-state index in [1.54, 1.807) is 0 Å². The van der Waals surface area contributed by atoms with Gasteiger partial charge in [0.15, 0.2) is 0 Å². The first kappa shape index (κ1) is 21.6. The number of carbonyl (C=O) groups excluding carboxylic acids is 2. The highest BCUT2D eigenvalue weighted by Crippen LogP contribution is 2.61. The van der Waals surface area contributed by atoms with Crippen LogP contribution in [0.15, 0.2) is 0 Å². The summed E-state index contributed by atoms with van der Waals surface area (Å²) in [4.78, 5) is 24.8. The zero-order chi connectivity index (χ0) is 20.5. The second-order valence-corrected chi connectivity index (χ2v) is 10.8. The largest absolute Gasteiger partial charge is 0.465 e. The van der Waals surface area contributed by atoms with E-state index in [4.69, 9.17) is 9.47 Å². The predicted octanol–water partition coefficient (Wildman–Crippen LogP) is 5.53. The summed E-state index contributed by atoms with van der Waals surface area (Å²) < 4.78 is 11.7. The Morgan fingerprint density at radius 3 is 2.11 bits per heavy atom. The van der Waals surface area contributed by atoms with E-state index in [9.17, 15) is 9.59 Å². The van der Waals surface area contributed by atoms with Gasteiger partial charge < -0.3 is 9.47 Å². The molecule has 0 saturated heterocycles. The summed E-state index contributed by atoms with van der Waals surface area (Å²) >= 11 is 0. The van der Waals surface area contributed by atoms with E-state index < -0.39 is 5.41 Å². The van der Waals surface area contributed by atoms with E-state index >= 15 is 0 Å². The second kappa shape index (κ2) is 8.36. The highest BCUT2D eigenvalue weighted by atomic mass is 16.6. The Morgan fingerprint density at radius 2 is 1.61 bits per heavy atom. The lowest BCUT2D eigenvalue weighted by molar-refractivity contribution is -0.215. The summed E-state index contributed by atoms with van der Waals surface area (Å²) in [5, 5.41) is 0. The van der Waals surface area contributed by atoms with Gasteiger partial charge in [-0.2, -0.15) is 0 Å². The Labute approximate surface area is 171 Å². The lowest BCUT2D eigenvalue weighted by atomic mass is 9.48. The van der Waals surface area contributed by atoms with Gasteiger partial charge in [0.2, 0.25) is 0 Å². The van der Waals surface area contributed by atoms with Crippen LogP contribution in [0.5, 0.6) is 0 Å². The first-order chi connectivity index (χ1) is 13.2. The summed E-state index contributed by atoms with van der Waals surface area (Å²) in [5.41, 5.74) is -0.693. The summed E-state index contributed by atoms with van der Waals surface area (Å²) in [6, 6.07) is 0. The molecule has 0 heterocycles. The van der Waals surface area contributed by atoms with Crippen molar-refractivity contribution in [2.75, 3.05) is 6.61 Å². The minimum atomic E-state index is -0.456. The van der Waals surface area contributed by atoms with Gasteiger partial charge in [-0.15, -0.1) is 0 Å². The van der Waals surface area contributed by atoms with E-state index in [0.29, 0.717) is 37.2 Å². The summed E-state index contributed by atoms with van der Waals surface area (Å²) in [7, 11) is 0. The van der Waals surface area contributed by atoms with Crippen LogP contribution in [-0.4, -0.2) is 24.1 Å². The van der Waals surface area contributed by atoms with Gasteiger partial charge in [-0.1, -0.05) is 20.8 Å². The predicted molar refractivity (Wildman–Crippen MR) is 110 cm³/mol. The van der Waals surface area contributed by atoms with Gasteiger partial charge in [0.05, 0.1) is 12.0 Å². The molecule has 4 rings (SSSR count). The molecule has 4 saturated carbocycles. The third-order valence-electron chi connectivity index (χ3n) is 7.75. The summed E-state index contributed by atoms with van der Waals surface area (Å²) in [5.74, 6) is 3.09. The molecule has 4 nitrogen and oxygen atoms in total. The average molecular weight is 393 g/mol. The highest BCUT2D eigenvalue weighted by molar-refractivity contribution is 5.75. The fourth-order valence-electron chi connectivity index (χ4n) is 6.15. The number of rotatable bonds is 9. The molecule has 0 N–H and O–H groups in total. The topological polar surface area (TPSA) is 52.6 Å². The van der Waals surface area contributed by atoms with Crippen LogP contribution in [0.3, 0.4) is 0 Å². The summed E-state index contributed by atoms with van der Waals surface area (Å²) in [6.45, 7) is 10.6. The van der Waals surface area contributed by atoms with Crippen LogP contribution < -0.4 is 0 Å². The molecule has 0 aliphatic heterocycles. The molecule has 0 aromatic heterocycles. The zero-order valence-corrected chi connectivity index (χ0v) is 18.6. The molecule has 0 amide bonds. The molecule has 28 heavy (non-hydrogen) atoms. The van der Waals surface area contributed by atoms with Gasteiger partial charge in [-0.05, 0) is 94.8 Å². The number of hydrogen-bond acceptors (Lipinski definition) is 4. The van der Waals surface area contributed by atoms with Gasteiger partial charge in [0.1, 0.15) is 5.60 Å². The van der Waals surface area contributed by atoms with Crippen LogP contribution >= 0.6 is 0 Å². The lowest BCUT2D eigenvalue weighted by Gasteiger charge is -2.60. The SMILES string of the molecule is CCC(C)(C)C(=O)OCCCC(=O)OC1(CC(C)C)C2CC3CC(C2)CC1C3. The van der Waals surface area contributed by atoms with Crippen molar-refractivity contribution in [2.24, 2.45) is 35.0 Å². The van der Waals surface area contributed by atoms with Crippen LogP contribution in [0.25, 0.3) is 0 Å². The fourth-order valence-corrected chi connectivity index (χ4v) is 6.15. The maximum atomic E-state index is 12.8. The molecule has 0 radical (unpaired) electrons. The monoisotopic (exact) mass is 392 g/mol. The Hall–Kier alpha value is -1.06. The second-order valence-electron chi connectivity index (χ2n) is 10.8. The third-order valence-corrected chi connectivity index (χ3v) is 7.75. The fraction of sp³-hybridized carbons (Fsp3) is 0.917. The highest BCUT2D eigenvalue weighted by Gasteiger charge is 2.59. The van der Waals surface area contributed by atoms with Gasteiger partial charge >= 0.3 is 11.9 Å². The molecule has 4 aliphatic carbocycles. The van der Waals surface area contributed by atoms with Crippen molar-refractivity contribution in [1.29, 1.82) is 0 Å². The van der Waals surface area contributed by atoms with Gasteiger partial charge in [-0.25, -0.2) is 0 Å². The minimum Gasteiger partial charge on any atom is -0.465 e. The first-order valence-electron chi connectivity index (χ1n) is 11.5. The van der Waals surface area contributed by atoms with Crippen molar-refractivity contribution in [3.05, 3.63) is 0 Å². The maximum absolute atomic E-state index is 12.8. The van der Waals surface area contributed by atoms with E-state index in [2.05, 4.69) is 13.8 Å². The molecule has 4 bridgehead atoms. The number of ether oxygens (including phenoxy) is 2. The molecule has 4 heteroatoms. The van der Waals surface area contributed by atoms with Crippen molar-refractivity contribution < 1.29 is 19.1 Å². The van der Waals surface area contributed by atoms with E-state index in [1.165, 1.54) is 32.1 Å². The van der Waals surface area contributed by atoms with Crippen LogP contribution in [0, 0.1) is 35.0 Å². The quantitative estimate of drug-likeness (QED) is 0.382. The molecular weight excluding hydrogens is 352 g/mol. The molecule has 4 fully saturated rings. The first-order valence-corrected chi connectivity index (χ1v) is 11.5. The average Bonchev–Trinajstić information content (AvgIpc) is 2.61. The van der Waals surface area contributed by atoms with E-state index in [0.717, 1.165) is 24.7 Å². The number of esters is 2. The minimum absolute atomic E-state index is 0.0982. The maximum Gasteiger partial charge on any atom is 0.311 e. The molecule has 0 aromatic carbocycles. The standard InChI is InChI=1S/C24H40O4/c1-6-23(4,5)22(26)27-9-7-8-21(25)28-24(15-16(2)3)19-11-17-10-18(13-19)14-20(24)12-17/h16-20H,6-15H2,1-5H3. The van der Waals surface area contributed by atoms with Gasteiger partial charge in [0, 0.05) is 6.42 Å². The molecule has 160 valence electrons. The van der Waals surface area contributed by atoms with Crippen LogP contribution in [0.4, 0.5) is 0 Å².